The van der Waals surface area contributed by atoms with Gasteiger partial charge >= 0.3 is 0 Å². The lowest BCUT2D eigenvalue weighted by Gasteiger charge is -2.34. The van der Waals surface area contributed by atoms with Gasteiger partial charge in [-0.3, -0.25) is 0 Å². The molecule has 3 heteroatoms. The lowest BCUT2D eigenvalue weighted by Crippen LogP contribution is -2.36. The maximum atomic E-state index is 4.45. The molecule has 0 bridgehead atoms. The van der Waals surface area contributed by atoms with E-state index in [1.807, 2.05) is 12.4 Å². The molecule has 0 atom stereocenters. The topological polar surface area (TPSA) is 29.9 Å². The highest BCUT2D eigenvalue weighted by Crippen LogP contribution is 2.34. The molecular weight excluding hydrogens is 258 g/mol. The number of hydrogen-bond acceptors (Lipinski definition) is 2. The zero-order valence-corrected chi connectivity index (χ0v) is 13.3. The van der Waals surface area contributed by atoms with Crippen LogP contribution in [-0.2, 0) is 6.54 Å². The van der Waals surface area contributed by atoms with Crippen LogP contribution in [0.5, 0.6) is 0 Å². The van der Waals surface area contributed by atoms with Crippen LogP contribution >= 0.6 is 0 Å². The zero-order valence-electron chi connectivity index (χ0n) is 13.3. The van der Waals surface area contributed by atoms with Crippen molar-refractivity contribution in [2.75, 3.05) is 6.54 Å². The van der Waals surface area contributed by atoms with Crippen molar-refractivity contribution in [2.24, 2.45) is 5.41 Å². The van der Waals surface area contributed by atoms with Gasteiger partial charge in [0.15, 0.2) is 0 Å². The Balaban J connectivity index is 1.43. The van der Waals surface area contributed by atoms with Crippen LogP contribution in [0.1, 0.15) is 46.0 Å². The van der Waals surface area contributed by atoms with Crippen molar-refractivity contribution < 1.29 is 0 Å². The molecule has 0 radical (unpaired) electrons. The molecule has 114 valence electrons. The molecule has 21 heavy (non-hydrogen) atoms. The molecule has 1 heterocycles. The van der Waals surface area contributed by atoms with Crippen LogP contribution in [0.25, 0.3) is 11.0 Å². The third kappa shape index (κ3) is 3.65. The maximum Gasteiger partial charge on any atom is 0.0958 e. The number of para-hydroxylation sites is 2. The van der Waals surface area contributed by atoms with Crippen LogP contribution in [-0.4, -0.2) is 22.1 Å². The minimum Gasteiger partial charge on any atom is -0.331 e. The standard InChI is InChI=1S/C18H27N3/c1-18(2)10-8-15(9-11-18)19-12-5-13-21-14-20-16-6-3-4-7-17(16)21/h3-4,6-7,14-15,19H,5,8-13H2,1-2H3. The highest BCUT2D eigenvalue weighted by Gasteiger charge is 2.26. The number of fused-ring (bicyclic) bond motifs is 1. The predicted molar refractivity (Wildman–Crippen MR) is 88.4 cm³/mol. The summed E-state index contributed by atoms with van der Waals surface area (Å²) >= 11 is 0. The molecule has 1 aromatic heterocycles. The Bertz CT molecular complexity index is 575. The van der Waals surface area contributed by atoms with Crippen LogP contribution in [0.15, 0.2) is 30.6 Å². The fraction of sp³-hybridized carbons (Fsp3) is 0.611. The molecule has 3 nitrogen and oxygen atoms in total. The molecule has 1 fully saturated rings. The Hall–Kier alpha value is -1.35. The van der Waals surface area contributed by atoms with E-state index in [-0.39, 0.29) is 0 Å². The highest BCUT2D eigenvalue weighted by atomic mass is 15.0. The minimum absolute atomic E-state index is 0.563. The van der Waals surface area contributed by atoms with Gasteiger partial charge in [-0.15, -0.1) is 0 Å². The first-order valence-electron chi connectivity index (χ1n) is 8.27. The molecule has 0 amide bonds. The van der Waals surface area contributed by atoms with E-state index in [9.17, 15) is 0 Å². The molecule has 1 aliphatic carbocycles. The lowest BCUT2D eigenvalue weighted by atomic mass is 9.75. The molecule has 0 aliphatic heterocycles. The van der Waals surface area contributed by atoms with E-state index in [1.54, 1.807) is 0 Å². The third-order valence-corrected chi connectivity index (χ3v) is 4.88. The van der Waals surface area contributed by atoms with Gasteiger partial charge in [0, 0.05) is 12.6 Å². The van der Waals surface area contributed by atoms with Gasteiger partial charge in [-0.2, -0.15) is 0 Å². The predicted octanol–water partition coefficient (Wildman–Crippen LogP) is 3.98. The van der Waals surface area contributed by atoms with Gasteiger partial charge in [-0.05, 0) is 56.2 Å². The van der Waals surface area contributed by atoms with Crippen molar-refractivity contribution in [3.8, 4) is 0 Å². The number of hydrogen-bond donors (Lipinski definition) is 1. The van der Waals surface area contributed by atoms with Gasteiger partial charge < -0.3 is 9.88 Å². The van der Waals surface area contributed by atoms with E-state index in [0.29, 0.717) is 5.41 Å². The summed E-state index contributed by atoms with van der Waals surface area (Å²) in [5, 5.41) is 3.74. The number of imidazole rings is 1. The average Bonchev–Trinajstić information content (AvgIpc) is 2.88. The smallest absolute Gasteiger partial charge is 0.0958 e. The van der Waals surface area contributed by atoms with Gasteiger partial charge in [-0.25, -0.2) is 4.98 Å². The van der Waals surface area contributed by atoms with Crippen molar-refractivity contribution >= 4 is 11.0 Å². The van der Waals surface area contributed by atoms with Crippen molar-refractivity contribution in [1.82, 2.24) is 14.9 Å². The monoisotopic (exact) mass is 285 g/mol. The summed E-state index contributed by atoms with van der Waals surface area (Å²) in [7, 11) is 0. The van der Waals surface area contributed by atoms with Crippen molar-refractivity contribution in [3.05, 3.63) is 30.6 Å². The summed E-state index contributed by atoms with van der Waals surface area (Å²) < 4.78 is 2.26. The van der Waals surface area contributed by atoms with Crippen LogP contribution in [0.3, 0.4) is 0 Å². The molecule has 0 saturated heterocycles. The van der Waals surface area contributed by atoms with E-state index in [0.717, 1.165) is 24.6 Å². The summed E-state index contributed by atoms with van der Waals surface area (Å²) in [6.07, 6.45) is 8.52. The van der Waals surface area contributed by atoms with Gasteiger partial charge in [0.25, 0.3) is 0 Å². The normalized spacial score (nSPS) is 19.1. The van der Waals surface area contributed by atoms with E-state index in [4.69, 9.17) is 0 Å². The Morgan fingerprint density at radius 1 is 1.24 bits per heavy atom. The Labute approximate surface area is 127 Å². The average molecular weight is 285 g/mol. The zero-order chi connectivity index (χ0) is 14.7. The maximum absolute atomic E-state index is 4.45. The number of nitrogens with zero attached hydrogens (tertiary/aromatic N) is 2. The summed E-state index contributed by atoms with van der Waals surface area (Å²) in [5.41, 5.74) is 2.91. The molecule has 3 rings (SSSR count). The van der Waals surface area contributed by atoms with Crippen molar-refractivity contribution in [3.63, 3.8) is 0 Å². The van der Waals surface area contributed by atoms with Crippen molar-refractivity contribution in [2.45, 2.75) is 58.5 Å². The molecule has 0 unspecified atom stereocenters. The van der Waals surface area contributed by atoms with Crippen molar-refractivity contribution in [1.29, 1.82) is 0 Å². The lowest BCUT2D eigenvalue weighted by molar-refractivity contribution is 0.206. The number of benzene rings is 1. The molecule has 1 saturated carbocycles. The first-order valence-corrected chi connectivity index (χ1v) is 8.27. The highest BCUT2D eigenvalue weighted by molar-refractivity contribution is 5.74. The third-order valence-electron chi connectivity index (χ3n) is 4.88. The summed E-state index contributed by atoms with van der Waals surface area (Å²) in [6, 6.07) is 9.10. The van der Waals surface area contributed by atoms with Crippen LogP contribution in [0, 0.1) is 5.41 Å². The summed E-state index contributed by atoms with van der Waals surface area (Å²) in [4.78, 5) is 4.45. The molecule has 1 N–H and O–H groups in total. The molecule has 2 aromatic rings. The second kappa shape index (κ2) is 6.18. The second-order valence-electron chi connectivity index (χ2n) is 7.17. The van der Waals surface area contributed by atoms with E-state index >= 15 is 0 Å². The minimum atomic E-state index is 0.563. The SMILES string of the molecule is CC1(C)CCC(NCCCn2cnc3ccccc32)CC1. The number of aromatic nitrogens is 2. The van der Waals surface area contributed by atoms with Crippen LogP contribution in [0.4, 0.5) is 0 Å². The number of nitrogens with one attached hydrogen (secondary N) is 1. The Kier molecular flexibility index (Phi) is 4.29. The van der Waals surface area contributed by atoms with Gasteiger partial charge in [-0.1, -0.05) is 26.0 Å². The first-order chi connectivity index (χ1) is 10.1. The first kappa shape index (κ1) is 14.6. The molecule has 1 aliphatic rings. The largest absolute Gasteiger partial charge is 0.331 e. The number of aryl methyl sites for hydroxylation is 1. The summed E-state index contributed by atoms with van der Waals surface area (Å²) in [6.45, 7) is 6.95. The van der Waals surface area contributed by atoms with Crippen LogP contribution in [0.2, 0.25) is 0 Å². The Morgan fingerprint density at radius 2 is 2.00 bits per heavy atom. The molecule has 1 aromatic carbocycles. The fourth-order valence-corrected chi connectivity index (χ4v) is 3.35. The van der Waals surface area contributed by atoms with E-state index in [2.05, 4.69) is 46.9 Å². The number of rotatable bonds is 5. The van der Waals surface area contributed by atoms with E-state index in [1.165, 1.54) is 37.6 Å². The van der Waals surface area contributed by atoms with Gasteiger partial charge in [0.1, 0.15) is 0 Å². The van der Waals surface area contributed by atoms with Gasteiger partial charge in [0.05, 0.1) is 17.4 Å². The van der Waals surface area contributed by atoms with E-state index < -0.39 is 0 Å². The quantitative estimate of drug-likeness (QED) is 0.842. The Morgan fingerprint density at radius 3 is 2.81 bits per heavy atom. The van der Waals surface area contributed by atoms with Gasteiger partial charge in [0.2, 0.25) is 0 Å². The second-order valence-corrected chi connectivity index (χ2v) is 7.17. The molecule has 0 spiro atoms. The fourth-order valence-electron chi connectivity index (χ4n) is 3.35. The summed E-state index contributed by atoms with van der Waals surface area (Å²) in [5.74, 6) is 0. The van der Waals surface area contributed by atoms with Crippen LogP contribution < -0.4 is 5.32 Å². The molecular formula is C18H27N3.